The Kier molecular flexibility index (Phi) is 4.70. The third kappa shape index (κ3) is 2.98. The summed E-state index contributed by atoms with van der Waals surface area (Å²) in [5.74, 6) is 1.75. The number of nitrogens with zero attached hydrogens (tertiary/aromatic N) is 1. The second-order valence-electron chi connectivity index (χ2n) is 5.45. The number of hydrogen-bond donors (Lipinski definition) is 0. The average molecular weight is 314 g/mol. The monoisotopic (exact) mass is 314 g/mol. The van der Waals surface area contributed by atoms with E-state index in [4.69, 9.17) is 14.2 Å². The minimum Gasteiger partial charge on any atom is -0.504 e. The fourth-order valence-electron chi connectivity index (χ4n) is 3.15. The van der Waals surface area contributed by atoms with E-state index in [1.165, 1.54) is 22.4 Å². The van der Waals surface area contributed by atoms with Gasteiger partial charge in [0, 0.05) is 12.8 Å². The second-order valence-corrected chi connectivity index (χ2v) is 5.45. The van der Waals surface area contributed by atoms with Crippen molar-refractivity contribution in [2.45, 2.75) is 26.7 Å². The van der Waals surface area contributed by atoms with Crippen molar-refractivity contribution in [2.75, 3.05) is 26.9 Å². The summed E-state index contributed by atoms with van der Waals surface area (Å²) in [6, 6.07) is 4.27. The van der Waals surface area contributed by atoms with Gasteiger partial charge in [0.25, 0.3) is 0 Å². The van der Waals surface area contributed by atoms with Crippen LogP contribution in [0.15, 0.2) is 30.0 Å². The van der Waals surface area contributed by atoms with E-state index in [1.807, 2.05) is 20.1 Å². The van der Waals surface area contributed by atoms with Crippen LogP contribution in [0.1, 0.15) is 31.4 Å². The van der Waals surface area contributed by atoms with Gasteiger partial charge in [-0.3, -0.25) is 0 Å². The summed E-state index contributed by atoms with van der Waals surface area (Å²) in [6.07, 6.45) is 8.16. The molecule has 4 heteroatoms. The molecule has 0 spiro atoms. The van der Waals surface area contributed by atoms with Gasteiger partial charge >= 0.3 is 0 Å². The molecule has 23 heavy (non-hydrogen) atoms. The van der Waals surface area contributed by atoms with Crippen LogP contribution in [0, 0.1) is 0 Å². The first kappa shape index (κ1) is 15.7. The molecule has 0 N–H and O–H groups in total. The molecule has 0 aliphatic carbocycles. The van der Waals surface area contributed by atoms with E-state index in [0.29, 0.717) is 13.2 Å². The van der Waals surface area contributed by atoms with E-state index in [0.717, 1.165) is 30.9 Å². The van der Waals surface area contributed by atoms with Crippen molar-refractivity contribution >= 4 is 11.9 Å². The van der Waals surface area contributed by atoms with Crippen LogP contribution in [-0.2, 0) is 11.2 Å². The molecule has 4 nitrogen and oxygen atoms in total. The third-order valence-corrected chi connectivity index (χ3v) is 4.10. The summed E-state index contributed by atoms with van der Waals surface area (Å²) in [4.78, 5) is 0. The van der Waals surface area contributed by atoms with Crippen LogP contribution >= 0.6 is 0 Å². The largest absolute Gasteiger partial charge is 0.504 e. The number of hydrogen-bond acceptors (Lipinski definition) is 3. The van der Waals surface area contributed by atoms with Gasteiger partial charge in [-0.05, 0) is 23.8 Å². The lowest BCUT2D eigenvalue weighted by molar-refractivity contribution is -0.430. The summed E-state index contributed by atoms with van der Waals surface area (Å²) in [5.41, 5.74) is 5.07. The number of methoxy groups -OCH3 is 1. The number of fused-ring (bicyclic) bond motifs is 4. The minimum atomic E-state index is 0.626. The van der Waals surface area contributed by atoms with Crippen LogP contribution in [0.25, 0.3) is 5.70 Å². The molecule has 0 unspecified atom stereocenters. The van der Waals surface area contributed by atoms with Gasteiger partial charge in [-0.15, -0.1) is 0 Å². The van der Waals surface area contributed by atoms with Crippen LogP contribution in [-0.4, -0.2) is 37.7 Å². The number of benzene rings is 1. The van der Waals surface area contributed by atoms with Crippen molar-refractivity contribution in [1.82, 2.24) is 0 Å². The highest BCUT2D eigenvalue weighted by atomic mass is 16.6. The lowest BCUT2D eigenvalue weighted by Gasteiger charge is -2.24. The van der Waals surface area contributed by atoms with Gasteiger partial charge in [-0.25, -0.2) is 0 Å². The maximum Gasteiger partial charge on any atom is 0.209 e. The molecule has 4 rings (SSSR count). The lowest BCUT2D eigenvalue weighted by Crippen LogP contribution is -2.25. The van der Waals surface area contributed by atoms with Crippen molar-refractivity contribution in [3.63, 3.8) is 0 Å². The lowest BCUT2D eigenvalue weighted by atomic mass is 9.93. The minimum absolute atomic E-state index is 0.626. The van der Waals surface area contributed by atoms with E-state index in [1.54, 1.807) is 7.11 Å². The molecule has 122 valence electrons. The Balaban J connectivity index is 0.000000753. The SMILES string of the molecule is CC.CO/C=C1\C=[N+]2CCc3cc4c(cc3C2=CC1)OCCO4. The van der Waals surface area contributed by atoms with E-state index >= 15 is 0 Å². The Morgan fingerprint density at radius 1 is 1.13 bits per heavy atom. The summed E-state index contributed by atoms with van der Waals surface area (Å²) < 4.78 is 18.8. The molecule has 0 fully saturated rings. The quantitative estimate of drug-likeness (QED) is 0.588. The molecule has 1 aromatic carbocycles. The van der Waals surface area contributed by atoms with Crippen LogP contribution in [0.4, 0.5) is 0 Å². The normalized spacial score (nSPS) is 19.5. The number of rotatable bonds is 1. The summed E-state index contributed by atoms with van der Waals surface area (Å²) in [7, 11) is 1.69. The van der Waals surface area contributed by atoms with Gasteiger partial charge in [-0.2, -0.15) is 4.58 Å². The highest BCUT2D eigenvalue weighted by Gasteiger charge is 2.30. The molecule has 3 heterocycles. The van der Waals surface area contributed by atoms with Crippen molar-refractivity contribution in [2.24, 2.45) is 0 Å². The predicted octanol–water partition coefficient (Wildman–Crippen LogP) is 3.40. The summed E-state index contributed by atoms with van der Waals surface area (Å²) in [5, 5.41) is 0. The van der Waals surface area contributed by atoms with Crippen molar-refractivity contribution in [1.29, 1.82) is 0 Å². The zero-order valence-electron chi connectivity index (χ0n) is 14.1. The summed E-state index contributed by atoms with van der Waals surface area (Å²) in [6.45, 7) is 6.25. The number of ether oxygens (including phenoxy) is 3. The molecular weight excluding hydrogens is 290 g/mol. The molecule has 3 aliphatic heterocycles. The molecule has 3 aliphatic rings. The molecule has 0 atom stereocenters. The highest BCUT2D eigenvalue weighted by Crippen LogP contribution is 2.38. The van der Waals surface area contributed by atoms with E-state index < -0.39 is 0 Å². The first-order chi connectivity index (χ1) is 11.3. The second kappa shape index (κ2) is 6.90. The van der Waals surface area contributed by atoms with Crippen molar-refractivity contribution in [3.8, 4) is 11.5 Å². The molecular formula is C19H24NO3+. The van der Waals surface area contributed by atoms with Crippen molar-refractivity contribution < 1.29 is 18.8 Å². The molecule has 0 aromatic heterocycles. The van der Waals surface area contributed by atoms with Gasteiger partial charge in [0.2, 0.25) is 5.70 Å². The molecule has 0 saturated carbocycles. The third-order valence-electron chi connectivity index (χ3n) is 4.10. The standard InChI is InChI=1S/C17H18NO3.C2H6/c1-19-11-12-2-3-15-14-9-17-16(20-6-7-21-17)8-13(14)4-5-18(15)10-12;1-2/h3,8-11H,2,4-7H2,1H3;1-2H3/q+1;/b12-11-;. The van der Waals surface area contributed by atoms with Gasteiger partial charge < -0.3 is 14.2 Å². The molecule has 0 amide bonds. The average Bonchev–Trinajstić information content (AvgIpc) is 2.62. The first-order valence-electron chi connectivity index (χ1n) is 8.31. The molecule has 0 radical (unpaired) electrons. The molecule has 1 aromatic rings. The van der Waals surface area contributed by atoms with Crippen LogP contribution < -0.4 is 9.47 Å². The molecule has 0 bridgehead atoms. The Hall–Kier alpha value is -2.23. The Morgan fingerprint density at radius 2 is 1.87 bits per heavy atom. The maximum absolute atomic E-state index is 5.72. The van der Waals surface area contributed by atoms with Crippen molar-refractivity contribution in [3.05, 3.63) is 41.2 Å². The Labute approximate surface area is 137 Å². The molecule has 0 saturated heterocycles. The topological polar surface area (TPSA) is 30.7 Å². The number of allylic oxidation sites excluding steroid dienone is 2. The predicted molar refractivity (Wildman–Crippen MR) is 91.4 cm³/mol. The van der Waals surface area contributed by atoms with Crippen LogP contribution in [0.5, 0.6) is 11.5 Å². The van der Waals surface area contributed by atoms with Gasteiger partial charge in [0.15, 0.2) is 24.3 Å². The van der Waals surface area contributed by atoms with Crippen LogP contribution in [0.2, 0.25) is 0 Å². The summed E-state index contributed by atoms with van der Waals surface area (Å²) >= 11 is 0. The van der Waals surface area contributed by atoms with Gasteiger partial charge in [0.05, 0.1) is 24.5 Å². The Bertz CT molecular complexity index is 686. The zero-order chi connectivity index (χ0) is 16.2. The van der Waals surface area contributed by atoms with Crippen LogP contribution in [0.3, 0.4) is 0 Å². The van der Waals surface area contributed by atoms with Gasteiger partial charge in [-0.1, -0.05) is 13.8 Å². The fraction of sp³-hybridized carbons (Fsp3) is 0.421. The maximum atomic E-state index is 5.72. The zero-order valence-corrected chi connectivity index (χ0v) is 14.1. The Morgan fingerprint density at radius 3 is 2.61 bits per heavy atom. The highest BCUT2D eigenvalue weighted by molar-refractivity contribution is 5.81. The van der Waals surface area contributed by atoms with E-state index in [9.17, 15) is 0 Å². The van der Waals surface area contributed by atoms with E-state index in [2.05, 4.69) is 29.0 Å². The van der Waals surface area contributed by atoms with Gasteiger partial charge in [0.1, 0.15) is 13.2 Å². The fourth-order valence-corrected chi connectivity index (χ4v) is 3.15. The van der Waals surface area contributed by atoms with E-state index in [-0.39, 0.29) is 0 Å². The smallest absolute Gasteiger partial charge is 0.209 e. The first-order valence-corrected chi connectivity index (χ1v) is 8.31.